The number of rotatable bonds is 2. The van der Waals surface area contributed by atoms with Gasteiger partial charge in [0.1, 0.15) is 11.6 Å². The van der Waals surface area contributed by atoms with Crippen molar-refractivity contribution in [3.8, 4) is 0 Å². The van der Waals surface area contributed by atoms with Crippen molar-refractivity contribution in [1.82, 2.24) is 10.6 Å². The molecule has 0 radical (unpaired) electrons. The second kappa shape index (κ2) is 6.12. The summed E-state index contributed by atoms with van der Waals surface area (Å²) in [5.74, 6) is -3.19. The lowest BCUT2D eigenvalue weighted by molar-refractivity contribution is -0.134. The Hall–Kier alpha value is -1.82. The Bertz CT molecular complexity index is 589. The van der Waals surface area contributed by atoms with Gasteiger partial charge in [-0.2, -0.15) is 0 Å². The summed E-state index contributed by atoms with van der Waals surface area (Å²) in [4.78, 5) is 23.0. The number of amides is 2. The predicted octanol–water partition coefficient (Wildman–Crippen LogP) is 1.95. The lowest BCUT2D eigenvalue weighted by Crippen LogP contribution is -2.40. The first-order chi connectivity index (χ1) is 10.6. The second-order valence-electron chi connectivity index (χ2n) is 5.93. The van der Waals surface area contributed by atoms with Crippen LogP contribution in [0, 0.1) is 11.6 Å². The summed E-state index contributed by atoms with van der Waals surface area (Å²) >= 11 is 0. The monoisotopic (exact) mass is 308 g/mol. The van der Waals surface area contributed by atoms with Crippen molar-refractivity contribution in [2.45, 2.75) is 37.5 Å². The van der Waals surface area contributed by atoms with Gasteiger partial charge in [-0.1, -0.05) is 0 Å². The molecule has 2 N–H and O–H groups in total. The van der Waals surface area contributed by atoms with Crippen molar-refractivity contribution in [3.63, 3.8) is 0 Å². The van der Waals surface area contributed by atoms with Crippen LogP contribution in [0.15, 0.2) is 12.1 Å². The maximum absolute atomic E-state index is 14.4. The van der Waals surface area contributed by atoms with E-state index >= 15 is 0 Å². The standard InChI is InChI=1S/C16H18F2N2O2/c17-12-7-10(9-3-5-19-6-4-9)8-13(18)15(12)11-1-2-14(21)20-16(11)22/h7-9,11,19H,1-6H2,(H,20,21,22). The number of hydrogen-bond donors (Lipinski definition) is 2. The van der Waals surface area contributed by atoms with Crippen molar-refractivity contribution >= 4 is 11.8 Å². The van der Waals surface area contributed by atoms with Crippen molar-refractivity contribution in [3.05, 3.63) is 34.9 Å². The van der Waals surface area contributed by atoms with Gasteiger partial charge in [-0.15, -0.1) is 0 Å². The molecule has 2 aliphatic heterocycles. The lowest BCUT2D eigenvalue weighted by Gasteiger charge is -2.25. The molecule has 1 aromatic rings. The fourth-order valence-electron chi connectivity index (χ4n) is 3.30. The minimum Gasteiger partial charge on any atom is -0.317 e. The van der Waals surface area contributed by atoms with Crippen molar-refractivity contribution in [2.24, 2.45) is 0 Å². The van der Waals surface area contributed by atoms with Crippen LogP contribution in [0.4, 0.5) is 8.78 Å². The third-order valence-corrected chi connectivity index (χ3v) is 4.50. The predicted molar refractivity (Wildman–Crippen MR) is 76.3 cm³/mol. The minimum atomic E-state index is -0.931. The molecule has 0 spiro atoms. The summed E-state index contributed by atoms with van der Waals surface area (Å²) in [6.45, 7) is 1.67. The molecule has 0 aromatic heterocycles. The third-order valence-electron chi connectivity index (χ3n) is 4.50. The molecule has 2 heterocycles. The molecule has 2 saturated heterocycles. The Morgan fingerprint density at radius 2 is 1.64 bits per heavy atom. The molecule has 118 valence electrons. The summed E-state index contributed by atoms with van der Waals surface area (Å²) in [6.07, 6.45) is 1.93. The Morgan fingerprint density at radius 1 is 1.00 bits per heavy atom. The van der Waals surface area contributed by atoms with Crippen molar-refractivity contribution < 1.29 is 18.4 Å². The molecule has 3 rings (SSSR count). The van der Waals surface area contributed by atoms with Crippen LogP contribution in [0.5, 0.6) is 0 Å². The maximum atomic E-state index is 14.4. The van der Waals surface area contributed by atoms with E-state index in [-0.39, 0.29) is 24.3 Å². The van der Waals surface area contributed by atoms with Gasteiger partial charge >= 0.3 is 0 Å². The summed E-state index contributed by atoms with van der Waals surface area (Å²) < 4.78 is 28.8. The van der Waals surface area contributed by atoms with Crippen LogP contribution in [0.1, 0.15) is 48.6 Å². The molecular weight excluding hydrogens is 290 g/mol. The number of carbonyl (C=O) groups is 2. The average Bonchev–Trinajstić information content (AvgIpc) is 2.49. The van der Waals surface area contributed by atoms with E-state index in [4.69, 9.17) is 0 Å². The van der Waals surface area contributed by atoms with E-state index in [1.54, 1.807) is 0 Å². The topological polar surface area (TPSA) is 58.2 Å². The molecule has 2 amide bonds. The van der Waals surface area contributed by atoms with Crippen LogP contribution in [0.25, 0.3) is 0 Å². The minimum absolute atomic E-state index is 0.103. The van der Waals surface area contributed by atoms with Gasteiger partial charge in [0.05, 0.1) is 5.92 Å². The smallest absolute Gasteiger partial charge is 0.234 e. The molecule has 0 bridgehead atoms. The summed E-state index contributed by atoms with van der Waals surface area (Å²) in [6, 6.07) is 2.69. The molecule has 1 atom stereocenters. The normalized spacial score (nSPS) is 23.5. The molecule has 6 heteroatoms. The highest BCUT2D eigenvalue weighted by Gasteiger charge is 2.33. The molecule has 1 aromatic carbocycles. The van der Waals surface area contributed by atoms with Crippen molar-refractivity contribution in [2.75, 3.05) is 13.1 Å². The zero-order chi connectivity index (χ0) is 15.7. The van der Waals surface area contributed by atoms with E-state index in [0.717, 1.165) is 25.9 Å². The van der Waals surface area contributed by atoms with E-state index < -0.39 is 29.4 Å². The highest BCUT2D eigenvalue weighted by atomic mass is 19.1. The lowest BCUT2D eigenvalue weighted by atomic mass is 9.85. The van der Waals surface area contributed by atoms with Gasteiger partial charge in [0, 0.05) is 12.0 Å². The van der Waals surface area contributed by atoms with E-state index in [2.05, 4.69) is 10.6 Å². The first-order valence-corrected chi connectivity index (χ1v) is 7.59. The zero-order valence-electron chi connectivity index (χ0n) is 12.1. The van der Waals surface area contributed by atoms with Crippen molar-refractivity contribution in [1.29, 1.82) is 0 Å². The molecule has 2 aliphatic rings. The third kappa shape index (κ3) is 2.88. The molecule has 1 unspecified atom stereocenters. The van der Waals surface area contributed by atoms with Gasteiger partial charge < -0.3 is 5.32 Å². The van der Waals surface area contributed by atoms with Crippen LogP contribution < -0.4 is 10.6 Å². The Morgan fingerprint density at radius 3 is 2.23 bits per heavy atom. The highest BCUT2D eigenvalue weighted by Crippen LogP contribution is 2.33. The van der Waals surface area contributed by atoms with Gasteiger partial charge in [0.15, 0.2) is 0 Å². The van der Waals surface area contributed by atoms with Gasteiger partial charge in [0.2, 0.25) is 11.8 Å². The summed E-state index contributed by atoms with van der Waals surface area (Å²) in [5.41, 5.74) is 0.426. The number of benzene rings is 1. The van der Waals surface area contributed by atoms with Gasteiger partial charge in [0.25, 0.3) is 0 Å². The second-order valence-corrected chi connectivity index (χ2v) is 5.93. The fraction of sp³-hybridized carbons (Fsp3) is 0.500. The largest absolute Gasteiger partial charge is 0.317 e. The molecule has 4 nitrogen and oxygen atoms in total. The average molecular weight is 308 g/mol. The van der Waals surface area contributed by atoms with Gasteiger partial charge in [-0.3, -0.25) is 14.9 Å². The first-order valence-electron chi connectivity index (χ1n) is 7.59. The molecule has 2 fully saturated rings. The van der Waals surface area contributed by atoms with E-state index in [1.165, 1.54) is 12.1 Å². The first kappa shape index (κ1) is 15.1. The number of nitrogens with one attached hydrogen (secondary N) is 2. The van der Waals surface area contributed by atoms with Crippen LogP contribution in [0.3, 0.4) is 0 Å². The molecule has 0 saturated carbocycles. The van der Waals surface area contributed by atoms with Crippen LogP contribution >= 0.6 is 0 Å². The van der Waals surface area contributed by atoms with Crippen LogP contribution in [0.2, 0.25) is 0 Å². The maximum Gasteiger partial charge on any atom is 0.234 e. The van der Waals surface area contributed by atoms with Crippen LogP contribution in [-0.2, 0) is 9.59 Å². The summed E-state index contributed by atoms with van der Waals surface area (Å²) in [5, 5.41) is 5.36. The SMILES string of the molecule is O=C1CCC(c2c(F)cc(C3CCNCC3)cc2F)C(=O)N1. The zero-order valence-corrected chi connectivity index (χ0v) is 12.1. The number of piperidine rings is 2. The molecular formula is C16H18F2N2O2. The molecule has 22 heavy (non-hydrogen) atoms. The van der Waals surface area contributed by atoms with E-state index in [0.29, 0.717) is 5.56 Å². The Balaban J connectivity index is 1.89. The number of hydrogen-bond acceptors (Lipinski definition) is 3. The van der Waals surface area contributed by atoms with Gasteiger partial charge in [-0.25, -0.2) is 8.78 Å². The molecule has 0 aliphatic carbocycles. The number of halogens is 2. The quantitative estimate of drug-likeness (QED) is 0.821. The Kier molecular flexibility index (Phi) is 4.20. The number of imide groups is 1. The Labute approximate surface area is 127 Å². The van der Waals surface area contributed by atoms with Gasteiger partial charge in [-0.05, 0) is 56.0 Å². The highest BCUT2D eigenvalue weighted by molar-refractivity contribution is 6.00. The van der Waals surface area contributed by atoms with E-state index in [1.807, 2.05) is 0 Å². The summed E-state index contributed by atoms with van der Waals surface area (Å²) in [7, 11) is 0. The van der Waals surface area contributed by atoms with E-state index in [9.17, 15) is 18.4 Å². The fourth-order valence-corrected chi connectivity index (χ4v) is 3.30. The van der Waals surface area contributed by atoms with Crippen LogP contribution in [-0.4, -0.2) is 24.9 Å². The number of carbonyl (C=O) groups excluding carboxylic acids is 2.